The minimum Gasteiger partial charge on any atom is -0.340 e. The Kier molecular flexibility index (Phi) is 4.33. The van der Waals surface area contributed by atoms with Gasteiger partial charge in [0.1, 0.15) is 0 Å². The van der Waals surface area contributed by atoms with Crippen molar-refractivity contribution in [1.29, 1.82) is 0 Å². The van der Waals surface area contributed by atoms with E-state index in [0.717, 1.165) is 19.6 Å². The SMILES string of the molecule is O=C([C@@H]1CCS(=O)(=O)C1)N1CCN(Cc2ccsc2)CC1. The molecule has 0 unspecified atom stereocenters. The molecule has 7 heteroatoms. The molecule has 0 bridgehead atoms. The third-order valence-corrected chi connectivity index (χ3v) is 6.75. The van der Waals surface area contributed by atoms with Crippen molar-refractivity contribution in [2.24, 2.45) is 5.92 Å². The maximum absolute atomic E-state index is 12.4. The number of carbonyl (C=O) groups excluding carboxylic acids is 1. The van der Waals surface area contributed by atoms with Gasteiger partial charge in [-0.05, 0) is 28.8 Å². The van der Waals surface area contributed by atoms with Gasteiger partial charge in [0.05, 0.1) is 17.4 Å². The zero-order chi connectivity index (χ0) is 14.9. The topological polar surface area (TPSA) is 57.7 Å². The van der Waals surface area contributed by atoms with Crippen LogP contribution in [0.1, 0.15) is 12.0 Å². The van der Waals surface area contributed by atoms with Crippen LogP contribution in [0.2, 0.25) is 0 Å². The van der Waals surface area contributed by atoms with Gasteiger partial charge in [0.25, 0.3) is 0 Å². The summed E-state index contributed by atoms with van der Waals surface area (Å²) >= 11 is 1.70. The molecule has 0 saturated carbocycles. The fourth-order valence-corrected chi connectivity index (χ4v) is 5.41. The first kappa shape index (κ1) is 15.0. The predicted octanol–water partition coefficient (Wildman–Crippen LogP) is 0.827. The first-order chi connectivity index (χ1) is 10.0. The molecule has 0 aliphatic carbocycles. The van der Waals surface area contributed by atoms with E-state index in [1.54, 1.807) is 11.3 Å². The molecule has 1 aromatic heterocycles. The lowest BCUT2D eigenvalue weighted by Crippen LogP contribution is -2.50. The van der Waals surface area contributed by atoms with Gasteiger partial charge in [-0.25, -0.2) is 8.42 Å². The highest BCUT2D eigenvalue weighted by molar-refractivity contribution is 7.91. The normalized spacial score (nSPS) is 26.1. The first-order valence-electron chi connectivity index (χ1n) is 7.26. The Bertz CT molecular complexity index is 590. The van der Waals surface area contributed by atoms with E-state index in [0.29, 0.717) is 19.5 Å². The number of amides is 1. The number of nitrogens with zero attached hydrogens (tertiary/aromatic N) is 2. The monoisotopic (exact) mass is 328 g/mol. The van der Waals surface area contributed by atoms with Crippen molar-refractivity contribution in [3.8, 4) is 0 Å². The van der Waals surface area contributed by atoms with Crippen LogP contribution in [0.5, 0.6) is 0 Å². The number of rotatable bonds is 3. The summed E-state index contributed by atoms with van der Waals surface area (Å²) in [5.41, 5.74) is 1.32. The van der Waals surface area contributed by atoms with Gasteiger partial charge >= 0.3 is 0 Å². The number of hydrogen-bond acceptors (Lipinski definition) is 5. The Morgan fingerprint density at radius 3 is 2.62 bits per heavy atom. The molecule has 116 valence electrons. The van der Waals surface area contributed by atoms with E-state index < -0.39 is 9.84 Å². The minimum atomic E-state index is -2.98. The van der Waals surface area contributed by atoms with Gasteiger partial charge in [0, 0.05) is 32.7 Å². The number of carbonyl (C=O) groups is 1. The highest BCUT2D eigenvalue weighted by Crippen LogP contribution is 2.21. The Morgan fingerprint density at radius 1 is 1.29 bits per heavy atom. The summed E-state index contributed by atoms with van der Waals surface area (Å²) in [6.45, 7) is 4.07. The van der Waals surface area contributed by atoms with Crippen LogP contribution in [0.4, 0.5) is 0 Å². The van der Waals surface area contributed by atoms with Crippen LogP contribution in [0.3, 0.4) is 0 Å². The quantitative estimate of drug-likeness (QED) is 0.825. The number of hydrogen-bond donors (Lipinski definition) is 0. The number of sulfone groups is 1. The molecule has 2 aliphatic heterocycles. The highest BCUT2D eigenvalue weighted by atomic mass is 32.2. The van der Waals surface area contributed by atoms with E-state index in [9.17, 15) is 13.2 Å². The Labute approximate surface area is 129 Å². The lowest BCUT2D eigenvalue weighted by molar-refractivity contribution is -0.136. The fraction of sp³-hybridized carbons (Fsp3) is 0.643. The van der Waals surface area contributed by atoms with Crippen molar-refractivity contribution >= 4 is 27.1 Å². The third kappa shape index (κ3) is 3.64. The van der Waals surface area contributed by atoms with Gasteiger partial charge in [0.2, 0.25) is 5.91 Å². The molecule has 1 atom stereocenters. The molecule has 3 heterocycles. The number of thiophene rings is 1. The molecule has 21 heavy (non-hydrogen) atoms. The van der Waals surface area contributed by atoms with E-state index in [1.807, 2.05) is 4.90 Å². The lowest BCUT2D eigenvalue weighted by Gasteiger charge is -2.35. The second-order valence-electron chi connectivity index (χ2n) is 5.83. The standard InChI is InChI=1S/C14H20N2O3S2/c17-14(13-2-8-21(18,19)11-13)16-5-3-15(4-6-16)9-12-1-7-20-10-12/h1,7,10,13H,2-6,8-9,11H2/t13-/m1/s1. The number of piperazine rings is 1. The summed E-state index contributed by atoms with van der Waals surface area (Å²) in [4.78, 5) is 16.5. The van der Waals surface area contributed by atoms with E-state index in [4.69, 9.17) is 0 Å². The Balaban J connectivity index is 1.50. The van der Waals surface area contributed by atoms with Gasteiger partial charge in [-0.3, -0.25) is 9.69 Å². The average Bonchev–Trinajstić information content (AvgIpc) is 3.08. The average molecular weight is 328 g/mol. The zero-order valence-electron chi connectivity index (χ0n) is 11.9. The van der Waals surface area contributed by atoms with Crippen LogP contribution in [-0.2, 0) is 21.2 Å². The second-order valence-corrected chi connectivity index (χ2v) is 8.84. The fourth-order valence-electron chi connectivity index (χ4n) is 3.02. The van der Waals surface area contributed by atoms with Crippen LogP contribution in [0.25, 0.3) is 0 Å². The van der Waals surface area contributed by atoms with E-state index in [2.05, 4.69) is 21.7 Å². The maximum Gasteiger partial charge on any atom is 0.226 e. The van der Waals surface area contributed by atoms with Gasteiger partial charge in [0.15, 0.2) is 9.84 Å². The first-order valence-corrected chi connectivity index (χ1v) is 10.0. The van der Waals surface area contributed by atoms with Crippen molar-refractivity contribution in [2.75, 3.05) is 37.7 Å². The van der Waals surface area contributed by atoms with Gasteiger partial charge in [-0.2, -0.15) is 11.3 Å². The summed E-state index contributed by atoms with van der Waals surface area (Å²) < 4.78 is 23.0. The van der Waals surface area contributed by atoms with Crippen molar-refractivity contribution in [3.63, 3.8) is 0 Å². The van der Waals surface area contributed by atoms with Crippen molar-refractivity contribution in [3.05, 3.63) is 22.4 Å². The molecule has 1 aromatic rings. The third-order valence-electron chi connectivity index (χ3n) is 4.25. The van der Waals surface area contributed by atoms with Gasteiger partial charge < -0.3 is 4.90 Å². The largest absolute Gasteiger partial charge is 0.340 e. The molecule has 0 spiro atoms. The highest BCUT2D eigenvalue weighted by Gasteiger charge is 2.36. The van der Waals surface area contributed by atoms with E-state index in [1.165, 1.54) is 5.56 Å². The Hall–Kier alpha value is -0.920. The zero-order valence-corrected chi connectivity index (χ0v) is 13.5. The molecule has 5 nitrogen and oxygen atoms in total. The van der Waals surface area contributed by atoms with Crippen LogP contribution in [0, 0.1) is 5.92 Å². The van der Waals surface area contributed by atoms with Crippen LogP contribution < -0.4 is 0 Å². The Morgan fingerprint density at radius 2 is 2.05 bits per heavy atom. The summed E-state index contributed by atoms with van der Waals surface area (Å²) in [7, 11) is -2.98. The molecule has 0 aromatic carbocycles. The maximum atomic E-state index is 12.4. The summed E-state index contributed by atoms with van der Waals surface area (Å²) in [6.07, 6.45) is 0.496. The van der Waals surface area contributed by atoms with Crippen molar-refractivity contribution < 1.29 is 13.2 Å². The van der Waals surface area contributed by atoms with Gasteiger partial charge in [-0.15, -0.1) is 0 Å². The van der Waals surface area contributed by atoms with Gasteiger partial charge in [-0.1, -0.05) is 0 Å². The van der Waals surface area contributed by atoms with E-state index >= 15 is 0 Å². The van der Waals surface area contributed by atoms with Crippen molar-refractivity contribution in [2.45, 2.75) is 13.0 Å². The molecule has 1 amide bonds. The molecule has 0 radical (unpaired) electrons. The molecule has 0 N–H and O–H groups in total. The lowest BCUT2D eigenvalue weighted by atomic mass is 10.1. The molecular formula is C14H20N2O3S2. The van der Waals surface area contributed by atoms with Crippen LogP contribution in [-0.4, -0.2) is 61.8 Å². The molecule has 2 fully saturated rings. The van der Waals surface area contributed by atoms with Crippen molar-refractivity contribution in [1.82, 2.24) is 9.80 Å². The minimum absolute atomic E-state index is 0.0336. The summed E-state index contributed by atoms with van der Waals surface area (Å²) in [5.74, 6) is -0.0626. The van der Waals surface area contributed by atoms with E-state index in [-0.39, 0.29) is 23.3 Å². The molecular weight excluding hydrogens is 308 g/mol. The second kappa shape index (κ2) is 6.06. The predicted molar refractivity (Wildman–Crippen MR) is 82.9 cm³/mol. The molecule has 2 aliphatic rings. The van der Waals surface area contributed by atoms with Crippen LogP contribution >= 0.6 is 11.3 Å². The summed E-state index contributed by atoms with van der Waals surface area (Å²) in [5, 5.41) is 4.23. The smallest absolute Gasteiger partial charge is 0.226 e. The molecule has 2 saturated heterocycles. The molecule has 3 rings (SSSR count). The van der Waals surface area contributed by atoms with Crippen LogP contribution in [0.15, 0.2) is 16.8 Å². The summed E-state index contributed by atoms with van der Waals surface area (Å²) in [6, 6.07) is 2.13.